The maximum absolute atomic E-state index is 13.7. The molecular weight excluding hydrogens is 469 g/mol. The van der Waals surface area contributed by atoms with Gasteiger partial charge in [-0.05, 0) is 45.7 Å². The highest BCUT2D eigenvalue weighted by atomic mass is 35.5. The normalized spacial score (nSPS) is 16.6. The van der Waals surface area contributed by atoms with E-state index in [0.717, 1.165) is 10.4 Å². The maximum Gasteiger partial charge on any atom is 0.339 e. The van der Waals surface area contributed by atoms with Crippen LogP contribution in [-0.4, -0.2) is 65.5 Å². The largest absolute Gasteiger partial charge is 0.465 e. The van der Waals surface area contributed by atoms with E-state index in [9.17, 15) is 21.8 Å². The number of ether oxygens (including phenoxy) is 1. The lowest BCUT2D eigenvalue weighted by atomic mass is 10.2. The minimum Gasteiger partial charge on any atom is -0.465 e. The molecule has 1 aromatic carbocycles. The van der Waals surface area contributed by atoms with Gasteiger partial charge in [-0.25, -0.2) is 9.18 Å². The summed E-state index contributed by atoms with van der Waals surface area (Å²) in [7, 11) is -5.15. The van der Waals surface area contributed by atoms with Gasteiger partial charge in [-0.2, -0.15) is 12.7 Å². The summed E-state index contributed by atoms with van der Waals surface area (Å²) < 4.78 is 59.6. The predicted octanol–water partition coefficient (Wildman–Crippen LogP) is 1.94. The zero-order chi connectivity index (χ0) is 22.8. The van der Waals surface area contributed by atoms with E-state index < -0.39 is 31.5 Å². The summed E-state index contributed by atoms with van der Waals surface area (Å²) in [5, 5.41) is -0.230. The van der Waals surface area contributed by atoms with Crippen molar-refractivity contribution in [1.29, 1.82) is 0 Å². The topological polar surface area (TPSA) is 96.9 Å². The zero-order valence-electron chi connectivity index (χ0n) is 16.7. The van der Waals surface area contributed by atoms with Gasteiger partial charge in [-0.3, -0.25) is 13.5 Å². The van der Waals surface area contributed by atoms with Crippen molar-refractivity contribution in [2.24, 2.45) is 0 Å². The molecule has 12 heteroatoms. The van der Waals surface area contributed by atoms with Crippen molar-refractivity contribution in [1.82, 2.24) is 9.29 Å². The lowest BCUT2D eigenvalue weighted by Gasteiger charge is -2.34. The van der Waals surface area contributed by atoms with E-state index in [1.807, 2.05) is 0 Å². The molecule has 1 aromatic heterocycles. The second-order valence-electron chi connectivity index (χ2n) is 6.92. The van der Waals surface area contributed by atoms with E-state index in [1.165, 1.54) is 41.9 Å². The third kappa shape index (κ3) is 5.35. The van der Waals surface area contributed by atoms with Crippen LogP contribution in [0.1, 0.15) is 16.1 Å². The van der Waals surface area contributed by atoms with Gasteiger partial charge < -0.3 is 4.74 Å². The third-order valence-electron chi connectivity index (χ3n) is 4.77. The molecule has 0 aliphatic carbocycles. The third-order valence-corrected chi connectivity index (χ3v) is 8.83. The number of benzene rings is 1. The van der Waals surface area contributed by atoms with Crippen LogP contribution in [0.15, 0.2) is 36.5 Å². The van der Waals surface area contributed by atoms with Crippen LogP contribution in [0.25, 0.3) is 0 Å². The number of halogens is 2. The van der Waals surface area contributed by atoms with Crippen molar-refractivity contribution in [2.75, 3.05) is 36.0 Å². The highest BCUT2D eigenvalue weighted by Gasteiger charge is 2.34. The Balaban J connectivity index is 1.96. The predicted molar refractivity (Wildman–Crippen MR) is 119 cm³/mol. The number of carbonyl (C=O) groups is 1. The summed E-state index contributed by atoms with van der Waals surface area (Å²) in [5.41, 5.74) is 0.701. The summed E-state index contributed by atoms with van der Waals surface area (Å²) in [4.78, 5) is 15.7. The number of pyridine rings is 1. The maximum atomic E-state index is 13.7. The molecule has 0 unspecified atom stereocenters. The van der Waals surface area contributed by atoms with E-state index in [2.05, 4.69) is 15.6 Å². The second kappa shape index (κ2) is 9.11. The van der Waals surface area contributed by atoms with Crippen molar-refractivity contribution in [2.45, 2.75) is 6.54 Å². The number of methoxy groups -OCH3 is 1. The fraction of sp³-hybridized carbons (Fsp3) is 0.316. The molecule has 0 saturated carbocycles. The molecule has 2 aromatic rings. The van der Waals surface area contributed by atoms with E-state index in [-0.39, 0.29) is 47.4 Å². The number of anilines is 1. The van der Waals surface area contributed by atoms with E-state index >= 15 is 0 Å². The van der Waals surface area contributed by atoms with Gasteiger partial charge in [0.05, 0.1) is 35.6 Å². The van der Waals surface area contributed by atoms with Crippen LogP contribution in [-0.2, 0) is 31.0 Å². The van der Waals surface area contributed by atoms with Gasteiger partial charge in [0.25, 0.3) is 0 Å². The van der Waals surface area contributed by atoms with Crippen LogP contribution in [0.2, 0.25) is 5.02 Å². The van der Waals surface area contributed by atoms with Crippen molar-refractivity contribution < 1.29 is 26.5 Å². The molecule has 1 fully saturated rings. The monoisotopic (exact) mass is 489 g/mol. The van der Waals surface area contributed by atoms with Gasteiger partial charge in [0.1, 0.15) is 5.82 Å². The molecule has 8 nitrogen and oxygen atoms in total. The van der Waals surface area contributed by atoms with Crippen molar-refractivity contribution >= 4 is 48.9 Å². The summed E-state index contributed by atoms with van der Waals surface area (Å²) >= 11 is 5.88. The van der Waals surface area contributed by atoms with Gasteiger partial charge in [0, 0.05) is 30.8 Å². The molecule has 0 atom stereocenters. The molecule has 0 radical (unpaired) electrons. The number of aromatic nitrogens is 1. The van der Waals surface area contributed by atoms with Crippen LogP contribution < -0.4 is 4.31 Å². The average molecular weight is 490 g/mol. The number of rotatable bonds is 6. The van der Waals surface area contributed by atoms with E-state index in [0.29, 0.717) is 5.69 Å². The van der Waals surface area contributed by atoms with Gasteiger partial charge in [-0.1, -0.05) is 11.6 Å². The number of hydrogen-bond donors (Lipinski definition) is 0. The molecule has 2 heterocycles. The first-order chi connectivity index (χ1) is 14.5. The van der Waals surface area contributed by atoms with Gasteiger partial charge in [0.15, 0.2) is 0 Å². The van der Waals surface area contributed by atoms with Crippen molar-refractivity contribution in [3.8, 4) is 0 Å². The van der Waals surface area contributed by atoms with Crippen LogP contribution in [0.3, 0.4) is 0 Å². The molecule has 1 aliphatic heterocycles. The molecule has 0 N–H and O–H groups in total. The Kier molecular flexibility index (Phi) is 6.89. The molecular formula is C19H21ClFN3O5S2. The summed E-state index contributed by atoms with van der Waals surface area (Å²) in [6.45, 7) is -0.0996. The first kappa shape index (κ1) is 23.5. The Morgan fingerprint density at radius 1 is 1.32 bits per heavy atom. The first-order valence-electron chi connectivity index (χ1n) is 9.12. The fourth-order valence-corrected chi connectivity index (χ4v) is 6.28. The molecule has 0 amide bonds. The van der Waals surface area contributed by atoms with Crippen molar-refractivity contribution in [3.63, 3.8) is 0 Å². The minimum absolute atomic E-state index is 0.0464. The van der Waals surface area contributed by atoms with Crippen LogP contribution >= 0.6 is 11.6 Å². The Labute approximate surface area is 185 Å². The molecule has 31 heavy (non-hydrogen) atoms. The van der Waals surface area contributed by atoms with Crippen LogP contribution in [0.4, 0.5) is 10.1 Å². The van der Waals surface area contributed by atoms with E-state index in [1.54, 1.807) is 0 Å². The molecule has 1 saturated heterocycles. The average Bonchev–Trinajstić information content (AvgIpc) is 2.73. The Morgan fingerprint density at radius 2 is 2.00 bits per heavy atom. The highest BCUT2D eigenvalue weighted by Crippen LogP contribution is 2.28. The Bertz CT molecular complexity index is 1170. The van der Waals surface area contributed by atoms with Gasteiger partial charge >= 0.3 is 16.2 Å². The second-order valence-corrected chi connectivity index (χ2v) is 11.9. The van der Waals surface area contributed by atoms with Crippen LogP contribution in [0, 0.1) is 5.82 Å². The Hall–Kier alpha value is -2.21. The summed E-state index contributed by atoms with van der Waals surface area (Å²) in [5.74, 6) is 2.70. The SMILES string of the molecule is C=S1(=O)CCN(S(=O)(=O)N(Cc2ccc(C(=O)OC)cn2)c2ccc(F)c(Cl)c2)CC1. The molecule has 168 valence electrons. The number of nitrogens with zero attached hydrogens (tertiary/aromatic N) is 3. The van der Waals surface area contributed by atoms with Crippen molar-refractivity contribution in [3.05, 3.63) is 58.6 Å². The first-order valence-corrected chi connectivity index (χ1v) is 13.0. The molecule has 1 aliphatic rings. The number of esters is 1. The Morgan fingerprint density at radius 3 is 2.55 bits per heavy atom. The quantitative estimate of drug-likeness (QED) is 0.454. The summed E-state index contributed by atoms with van der Waals surface area (Å²) in [6, 6.07) is 6.56. The molecule has 0 spiro atoms. The number of carbonyl (C=O) groups excluding carboxylic acids is 1. The molecule has 3 rings (SSSR count). The lowest BCUT2D eigenvalue weighted by molar-refractivity contribution is 0.0600. The lowest BCUT2D eigenvalue weighted by Crippen LogP contribution is -2.50. The zero-order valence-corrected chi connectivity index (χ0v) is 19.1. The number of hydrogen-bond acceptors (Lipinski definition) is 6. The van der Waals surface area contributed by atoms with Gasteiger partial charge in [-0.15, -0.1) is 0 Å². The fourth-order valence-electron chi connectivity index (χ4n) is 2.97. The minimum atomic E-state index is -4.09. The standard InChI is InChI=1S/C19H21ClFN3O5S2/c1-29-19(25)14-3-4-15(22-12-14)13-24(16-5-6-18(21)17(20)11-16)31(27,28)23-7-9-30(2,26)10-8-23/h3-6,11-12H,2,7-10,13H2,1H3. The highest BCUT2D eigenvalue weighted by molar-refractivity contribution is 8.00. The van der Waals surface area contributed by atoms with Gasteiger partial charge in [0.2, 0.25) is 0 Å². The van der Waals surface area contributed by atoms with E-state index in [4.69, 9.17) is 11.6 Å². The molecule has 0 bridgehead atoms. The summed E-state index contributed by atoms with van der Waals surface area (Å²) in [6.07, 6.45) is 1.28. The van der Waals surface area contributed by atoms with Crippen LogP contribution in [0.5, 0.6) is 0 Å². The smallest absolute Gasteiger partial charge is 0.339 e.